The maximum Gasteiger partial charge on any atom is 0.240 e. The van der Waals surface area contributed by atoms with E-state index in [2.05, 4.69) is 42.5 Å². The van der Waals surface area contributed by atoms with Crippen LogP contribution < -0.4 is 14.2 Å². The number of benzene rings is 1. The van der Waals surface area contributed by atoms with Crippen molar-refractivity contribution in [1.29, 1.82) is 0 Å². The summed E-state index contributed by atoms with van der Waals surface area (Å²) in [7, 11) is -0.696. The molecule has 1 heterocycles. The van der Waals surface area contributed by atoms with Crippen LogP contribution in [0.1, 0.15) is 60.5 Å². The summed E-state index contributed by atoms with van der Waals surface area (Å²) in [4.78, 5) is 2.34. The summed E-state index contributed by atoms with van der Waals surface area (Å²) in [6, 6.07) is 5.18. The minimum atomic E-state index is -3.81. The number of methoxy groups -OCH3 is 2. The van der Waals surface area contributed by atoms with Crippen molar-refractivity contribution in [2.45, 2.75) is 67.5 Å². The lowest BCUT2D eigenvalue weighted by molar-refractivity contribution is 0.263. The molecule has 1 aliphatic heterocycles. The SMILES string of the molecule is CC.CC.CCN(CC)C1=NN(CC/C(C)=C\C=C/CCl)C2C=CC(S(=O)(=O)NCc3ccc(OC)c(OC)c3)=CC1=C2. The normalized spacial score (nSPS) is 16.1. The molecule has 2 aliphatic rings. The Hall–Kier alpha value is -3.01. The van der Waals surface area contributed by atoms with Gasteiger partial charge in [0.05, 0.1) is 25.2 Å². The third-order valence-corrected chi connectivity index (χ3v) is 8.14. The highest BCUT2D eigenvalue weighted by Crippen LogP contribution is 2.29. The monoisotopic (exact) mass is 634 g/mol. The van der Waals surface area contributed by atoms with Crippen molar-refractivity contribution in [3.05, 3.63) is 82.3 Å². The number of amidine groups is 1. The van der Waals surface area contributed by atoms with E-state index in [9.17, 15) is 8.42 Å². The maximum absolute atomic E-state index is 13.4. The number of hydrogen-bond donors (Lipinski definition) is 1. The zero-order chi connectivity index (χ0) is 32.4. The van der Waals surface area contributed by atoms with Crippen molar-refractivity contribution in [2.24, 2.45) is 5.10 Å². The van der Waals surface area contributed by atoms with Gasteiger partial charge in [0.1, 0.15) is 0 Å². The molecule has 1 atom stereocenters. The van der Waals surface area contributed by atoms with E-state index in [0.29, 0.717) is 23.9 Å². The van der Waals surface area contributed by atoms with Gasteiger partial charge in [-0.1, -0.05) is 63.6 Å². The van der Waals surface area contributed by atoms with Crippen molar-refractivity contribution in [3.63, 3.8) is 0 Å². The minimum absolute atomic E-state index is 0.114. The van der Waals surface area contributed by atoms with E-state index in [1.807, 2.05) is 57.0 Å². The quantitative estimate of drug-likeness (QED) is 0.185. The van der Waals surface area contributed by atoms with E-state index >= 15 is 0 Å². The van der Waals surface area contributed by atoms with Crippen LogP contribution in [-0.2, 0) is 16.6 Å². The molecule has 0 radical (unpaired) electrons. The highest BCUT2D eigenvalue weighted by Gasteiger charge is 2.28. The summed E-state index contributed by atoms with van der Waals surface area (Å²) in [6.07, 6.45) is 14.1. The second kappa shape index (κ2) is 20.0. The molecular weight excluding hydrogens is 584 g/mol. The number of alkyl halides is 1. The van der Waals surface area contributed by atoms with Gasteiger partial charge in [0.25, 0.3) is 0 Å². The van der Waals surface area contributed by atoms with Crippen LogP contribution in [0.5, 0.6) is 11.5 Å². The summed E-state index contributed by atoms with van der Waals surface area (Å²) in [6.45, 7) is 16.5. The smallest absolute Gasteiger partial charge is 0.240 e. The summed E-state index contributed by atoms with van der Waals surface area (Å²) in [5.74, 6) is 2.39. The van der Waals surface area contributed by atoms with E-state index in [1.165, 1.54) is 5.57 Å². The summed E-state index contributed by atoms with van der Waals surface area (Å²) in [5.41, 5.74) is 2.77. The molecule has 1 aromatic carbocycles. The number of allylic oxidation sites excluding steroid dienone is 4. The first-order valence-electron chi connectivity index (χ1n) is 15.1. The predicted molar refractivity (Wildman–Crippen MR) is 182 cm³/mol. The molecule has 240 valence electrons. The minimum Gasteiger partial charge on any atom is -0.493 e. The Bertz CT molecular complexity index is 1300. The largest absolute Gasteiger partial charge is 0.493 e. The average Bonchev–Trinajstić information content (AvgIpc) is 3.23. The Kier molecular flexibility index (Phi) is 17.7. The van der Waals surface area contributed by atoms with Gasteiger partial charge in [-0.2, -0.15) is 5.10 Å². The summed E-state index contributed by atoms with van der Waals surface area (Å²) < 4.78 is 40.2. The molecule has 0 fully saturated rings. The topological polar surface area (TPSA) is 83.5 Å². The van der Waals surface area contributed by atoms with Crippen LogP contribution in [0.3, 0.4) is 0 Å². The van der Waals surface area contributed by atoms with E-state index < -0.39 is 10.0 Å². The standard InChI is InChI=1S/C29H39ClN4O4S.2C2H6/c1-6-33(7-2)29-24-19-25(34(32-29)17-15-22(3)10-8-9-16-30)12-13-26(20-24)39(35,36)31-21-23-11-14-27(37-4)28(18-23)38-5;2*1-2/h8-14,18-20,25,31H,6-7,15-17,21H2,1-5H3;2*1-2H3/b9-8-,22-10-;;. The Morgan fingerprint density at radius 2 is 1.79 bits per heavy atom. The molecule has 43 heavy (non-hydrogen) atoms. The third-order valence-electron chi connectivity index (χ3n) is 6.56. The van der Waals surface area contributed by atoms with Gasteiger partial charge in [-0.3, -0.25) is 5.01 Å². The molecule has 0 amide bonds. The van der Waals surface area contributed by atoms with Gasteiger partial charge in [-0.25, -0.2) is 13.1 Å². The van der Waals surface area contributed by atoms with E-state index in [0.717, 1.165) is 36.5 Å². The molecule has 2 bridgehead atoms. The number of hydrogen-bond acceptors (Lipinski definition) is 7. The summed E-state index contributed by atoms with van der Waals surface area (Å²) >= 11 is 5.73. The van der Waals surface area contributed by atoms with Crippen LogP contribution in [0.2, 0.25) is 0 Å². The van der Waals surface area contributed by atoms with Crippen molar-refractivity contribution in [1.82, 2.24) is 14.6 Å². The van der Waals surface area contributed by atoms with Crippen molar-refractivity contribution < 1.29 is 17.9 Å². The van der Waals surface area contributed by atoms with Gasteiger partial charge >= 0.3 is 0 Å². The number of nitrogens with one attached hydrogen (secondary N) is 1. The first-order valence-corrected chi connectivity index (χ1v) is 17.1. The van der Waals surface area contributed by atoms with Crippen LogP contribution in [0, 0.1) is 0 Å². The predicted octanol–water partition coefficient (Wildman–Crippen LogP) is 7.03. The Morgan fingerprint density at radius 1 is 1.12 bits per heavy atom. The van der Waals surface area contributed by atoms with Gasteiger partial charge in [0, 0.05) is 37.6 Å². The number of nitrogens with zero attached hydrogens (tertiary/aromatic N) is 3. The second-order valence-electron chi connectivity index (χ2n) is 9.14. The molecule has 1 N–H and O–H groups in total. The fraction of sp³-hybridized carbons (Fsp3) is 0.485. The first-order chi connectivity index (χ1) is 20.8. The molecule has 0 spiro atoms. The molecular formula is C33H51ClN4O4S. The number of fused-ring (bicyclic) bond motifs is 1. The maximum atomic E-state index is 13.4. The van der Waals surface area contributed by atoms with E-state index in [1.54, 1.807) is 38.5 Å². The number of sulfonamides is 1. The highest BCUT2D eigenvalue weighted by molar-refractivity contribution is 7.93. The van der Waals surface area contributed by atoms with Gasteiger partial charge in [-0.05, 0) is 63.1 Å². The van der Waals surface area contributed by atoms with Crippen molar-refractivity contribution in [2.75, 3.05) is 39.7 Å². The number of likely N-dealkylation sites (N-methyl/N-ethyl adjacent to an activating group) is 1. The van der Waals surface area contributed by atoms with Crippen LogP contribution >= 0.6 is 11.6 Å². The Balaban J connectivity index is 0.00000221. The zero-order valence-electron chi connectivity index (χ0n) is 27.4. The van der Waals surface area contributed by atoms with Gasteiger partial charge in [0.2, 0.25) is 10.0 Å². The highest BCUT2D eigenvalue weighted by atomic mass is 35.5. The number of ether oxygens (including phenoxy) is 2. The number of rotatable bonds is 13. The molecule has 10 heteroatoms. The fourth-order valence-electron chi connectivity index (χ4n) is 4.30. The van der Waals surface area contributed by atoms with Gasteiger partial charge in [-0.15, -0.1) is 11.6 Å². The lowest BCUT2D eigenvalue weighted by Crippen LogP contribution is -2.40. The van der Waals surface area contributed by atoms with Crippen molar-refractivity contribution in [3.8, 4) is 11.5 Å². The molecule has 1 unspecified atom stereocenters. The molecule has 1 aromatic rings. The third kappa shape index (κ3) is 11.2. The lowest BCUT2D eigenvalue weighted by Gasteiger charge is -2.34. The van der Waals surface area contributed by atoms with Crippen LogP contribution in [0.25, 0.3) is 0 Å². The molecule has 0 saturated heterocycles. The van der Waals surface area contributed by atoms with Crippen LogP contribution in [0.4, 0.5) is 0 Å². The number of halogens is 1. The Labute approximate surface area is 265 Å². The van der Waals surface area contributed by atoms with Gasteiger partial charge < -0.3 is 14.4 Å². The molecule has 8 nitrogen and oxygen atoms in total. The van der Waals surface area contributed by atoms with E-state index in [4.69, 9.17) is 26.2 Å². The average molecular weight is 635 g/mol. The second-order valence-corrected chi connectivity index (χ2v) is 11.2. The van der Waals surface area contributed by atoms with Crippen LogP contribution in [0.15, 0.2) is 81.9 Å². The molecule has 0 aromatic heterocycles. The van der Waals surface area contributed by atoms with Gasteiger partial charge in [0.15, 0.2) is 17.3 Å². The van der Waals surface area contributed by atoms with Crippen LogP contribution in [-0.4, -0.2) is 69.9 Å². The molecule has 3 rings (SSSR count). The molecule has 0 saturated carbocycles. The Morgan fingerprint density at radius 3 is 2.40 bits per heavy atom. The zero-order valence-corrected chi connectivity index (χ0v) is 28.9. The molecule has 1 aliphatic carbocycles. The first kappa shape index (κ1) is 38.0. The summed E-state index contributed by atoms with van der Waals surface area (Å²) in [5, 5.41) is 7.01. The van der Waals surface area contributed by atoms with Crippen molar-refractivity contribution >= 4 is 27.5 Å². The fourth-order valence-corrected chi connectivity index (χ4v) is 5.46. The number of hydrazone groups is 1. The van der Waals surface area contributed by atoms with E-state index in [-0.39, 0.29) is 17.5 Å². The lowest BCUT2D eigenvalue weighted by atomic mass is 10.1.